The van der Waals surface area contributed by atoms with Crippen molar-refractivity contribution in [3.63, 3.8) is 0 Å². The average molecular weight is 496 g/mol. The van der Waals surface area contributed by atoms with E-state index in [9.17, 15) is 9.00 Å². The lowest BCUT2D eigenvalue weighted by atomic mass is 9.83. The van der Waals surface area contributed by atoms with Crippen LogP contribution >= 0.6 is 15.9 Å². The first kappa shape index (κ1) is 20.0. The van der Waals surface area contributed by atoms with Gasteiger partial charge in [0.15, 0.2) is 9.92 Å². The van der Waals surface area contributed by atoms with Crippen molar-refractivity contribution < 1.29 is 18.5 Å². The van der Waals surface area contributed by atoms with Crippen LogP contribution in [0.4, 0.5) is 10.5 Å². The molecule has 1 unspecified atom stereocenters. The molecule has 11 heteroatoms. The summed E-state index contributed by atoms with van der Waals surface area (Å²) in [6, 6.07) is -0.723. The van der Waals surface area contributed by atoms with Gasteiger partial charge < -0.3 is 14.8 Å². The van der Waals surface area contributed by atoms with Crippen LogP contribution in [-0.4, -0.2) is 39.8 Å². The molecule has 5 rings (SSSR count). The number of hydrogen-bond donors (Lipinski definition) is 2. The molecule has 3 N–H and O–H groups in total. The van der Waals surface area contributed by atoms with E-state index in [1.165, 1.54) is 21.8 Å². The van der Waals surface area contributed by atoms with Crippen molar-refractivity contribution in [3.05, 3.63) is 32.9 Å². The summed E-state index contributed by atoms with van der Waals surface area (Å²) in [5, 5.41) is 13.0. The molecule has 1 aromatic heterocycles. The van der Waals surface area contributed by atoms with E-state index in [2.05, 4.69) is 30.7 Å². The van der Waals surface area contributed by atoms with Crippen molar-refractivity contribution >= 4 is 37.6 Å². The van der Waals surface area contributed by atoms with Gasteiger partial charge in [-0.1, -0.05) is 15.9 Å². The molecule has 0 saturated heterocycles. The number of aromatic nitrogens is 2. The number of nitrogens with two attached hydrogens (primary N) is 1. The number of urea groups is 1. The minimum Gasteiger partial charge on any atom is -0.469 e. The summed E-state index contributed by atoms with van der Waals surface area (Å²) in [7, 11) is -1.95. The molecule has 1 aromatic carbocycles. The van der Waals surface area contributed by atoms with E-state index in [1.54, 1.807) is 11.8 Å². The molecule has 2 aromatic rings. The molecule has 0 spiro atoms. The second-order valence-corrected chi connectivity index (χ2v) is 10.3. The highest BCUT2D eigenvalue weighted by atomic mass is 79.9. The van der Waals surface area contributed by atoms with Crippen molar-refractivity contribution in [1.29, 1.82) is 0 Å². The maximum Gasteiger partial charge on any atom is 0.354 e. The average Bonchev–Trinajstić information content (AvgIpc) is 3.34. The molecule has 2 atom stereocenters. The van der Waals surface area contributed by atoms with Gasteiger partial charge in [-0.15, -0.1) is 4.36 Å². The molecule has 2 heterocycles. The smallest absolute Gasteiger partial charge is 0.354 e. The molecule has 0 saturated carbocycles. The van der Waals surface area contributed by atoms with Crippen LogP contribution in [0.2, 0.25) is 0 Å². The number of hydrogen-bond acceptors (Lipinski definition) is 5. The molecule has 2 aliphatic carbocycles. The highest BCUT2D eigenvalue weighted by molar-refractivity contribution is 9.10. The predicted octanol–water partition coefficient (Wildman–Crippen LogP) is 2.57. The number of carbonyl (C=O) groups is 1. The number of rotatable bonds is 4. The third-order valence-corrected chi connectivity index (χ3v) is 8.18. The summed E-state index contributed by atoms with van der Waals surface area (Å²) in [6.45, 7) is 0.827. The van der Waals surface area contributed by atoms with E-state index in [-0.39, 0.29) is 16.9 Å². The molecule has 0 bridgehead atoms. The summed E-state index contributed by atoms with van der Waals surface area (Å²) in [5.74, 6) is 0.273. The molecule has 0 radical (unpaired) electrons. The second-order valence-electron chi connectivity index (χ2n) is 7.74. The molecule has 2 amide bonds. The van der Waals surface area contributed by atoms with Crippen LogP contribution in [0.1, 0.15) is 28.7 Å². The number of halogens is 1. The Morgan fingerprint density at radius 3 is 2.80 bits per heavy atom. The van der Waals surface area contributed by atoms with Crippen molar-refractivity contribution in [2.45, 2.75) is 49.6 Å². The van der Waals surface area contributed by atoms with Crippen molar-refractivity contribution in [2.75, 3.05) is 19.0 Å². The monoisotopic (exact) mass is 495 g/mol. The molecule has 1 aliphatic heterocycles. The zero-order chi connectivity index (χ0) is 21.0. The van der Waals surface area contributed by atoms with E-state index in [4.69, 9.17) is 14.6 Å². The molecule has 160 valence electrons. The highest BCUT2D eigenvalue weighted by Gasteiger charge is 2.32. The van der Waals surface area contributed by atoms with E-state index in [0.29, 0.717) is 13.2 Å². The SMILES string of the molecule is COC[C@@H]1Cn2ncc(S(N)(=O)=NC(=O)Nc3c4c(c(Br)c5c3CC5)CCC4)c2O1. The van der Waals surface area contributed by atoms with Crippen LogP contribution in [0.3, 0.4) is 0 Å². The Bertz CT molecular complexity index is 1180. The summed E-state index contributed by atoms with van der Waals surface area (Å²) < 4.78 is 30.5. The van der Waals surface area contributed by atoms with E-state index >= 15 is 0 Å². The Hall–Kier alpha value is -1.95. The Balaban J connectivity index is 1.44. The van der Waals surface area contributed by atoms with Gasteiger partial charge in [0.2, 0.25) is 5.88 Å². The van der Waals surface area contributed by atoms with Crippen molar-refractivity contribution in [2.24, 2.45) is 9.50 Å². The topological polar surface area (TPSA) is 121 Å². The fraction of sp³-hybridized carbons (Fsp3) is 0.474. The predicted molar refractivity (Wildman–Crippen MR) is 114 cm³/mol. The zero-order valence-electron chi connectivity index (χ0n) is 16.4. The normalized spacial score (nSPS) is 20.4. The molecule has 9 nitrogen and oxygen atoms in total. The lowest BCUT2D eigenvalue weighted by Crippen LogP contribution is -2.23. The largest absolute Gasteiger partial charge is 0.469 e. The van der Waals surface area contributed by atoms with Gasteiger partial charge in [-0.25, -0.2) is 18.8 Å². The number of nitrogens with zero attached hydrogens (tertiary/aromatic N) is 3. The van der Waals surface area contributed by atoms with Crippen molar-refractivity contribution in [3.8, 4) is 5.88 Å². The number of carbonyl (C=O) groups excluding carboxylic acids is 1. The highest BCUT2D eigenvalue weighted by Crippen LogP contribution is 2.45. The number of nitrogens with one attached hydrogen (secondary N) is 1. The third-order valence-electron chi connectivity index (χ3n) is 5.87. The van der Waals surface area contributed by atoms with Crippen LogP contribution in [0.5, 0.6) is 5.88 Å². The summed E-state index contributed by atoms with van der Waals surface area (Å²) in [5.41, 5.74) is 5.58. The number of benzene rings is 1. The minimum atomic E-state index is -3.52. The lowest BCUT2D eigenvalue weighted by molar-refractivity contribution is 0.0920. The summed E-state index contributed by atoms with van der Waals surface area (Å²) in [6.07, 6.45) is 5.93. The van der Waals surface area contributed by atoms with Gasteiger partial charge in [0, 0.05) is 17.3 Å². The van der Waals surface area contributed by atoms with Crippen LogP contribution < -0.4 is 15.2 Å². The maximum absolute atomic E-state index is 13.1. The van der Waals surface area contributed by atoms with Crippen LogP contribution in [0.15, 0.2) is 19.9 Å². The Labute approximate surface area is 182 Å². The second kappa shape index (κ2) is 7.33. The number of fused-ring (bicyclic) bond motifs is 3. The van der Waals surface area contributed by atoms with Gasteiger partial charge in [0.05, 0.1) is 19.3 Å². The first-order valence-corrected chi connectivity index (χ1v) is 12.2. The van der Waals surface area contributed by atoms with Crippen LogP contribution in [0, 0.1) is 0 Å². The molecule has 3 aliphatic rings. The molecule has 30 heavy (non-hydrogen) atoms. The molecular formula is C19H22BrN5O4S. The maximum atomic E-state index is 13.1. The first-order valence-electron chi connectivity index (χ1n) is 9.81. The third kappa shape index (κ3) is 3.15. The van der Waals surface area contributed by atoms with E-state index in [1.807, 2.05) is 0 Å². The van der Waals surface area contributed by atoms with Gasteiger partial charge in [-0.05, 0) is 54.4 Å². The van der Waals surface area contributed by atoms with Gasteiger partial charge in [0.1, 0.15) is 11.0 Å². The summed E-state index contributed by atoms with van der Waals surface area (Å²) >= 11 is 3.72. The Kier molecular flexibility index (Phi) is 4.88. The lowest BCUT2D eigenvalue weighted by Gasteiger charge is -2.27. The van der Waals surface area contributed by atoms with Gasteiger partial charge in [-0.2, -0.15) is 5.10 Å². The van der Waals surface area contributed by atoms with Gasteiger partial charge in [-0.3, -0.25) is 0 Å². The fourth-order valence-corrected chi connectivity index (χ4v) is 6.31. The quantitative estimate of drug-likeness (QED) is 0.674. The zero-order valence-corrected chi connectivity index (χ0v) is 18.8. The van der Waals surface area contributed by atoms with Crippen LogP contribution in [0.25, 0.3) is 0 Å². The number of anilines is 1. The molecule has 0 fully saturated rings. The first-order chi connectivity index (χ1) is 14.4. The number of amides is 2. The van der Waals surface area contributed by atoms with E-state index in [0.717, 1.165) is 48.9 Å². The Morgan fingerprint density at radius 1 is 1.37 bits per heavy atom. The molecular weight excluding hydrogens is 474 g/mol. The summed E-state index contributed by atoms with van der Waals surface area (Å²) in [4.78, 5) is 12.8. The van der Waals surface area contributed by atoms with E-state index < -0.39 is 15.9 Å². The number of methoxy groups -OCH3 is 1. The Morgan fingerprint density at radius 2 is 2.07 bits per heavy atom. The minimum absolute atomic E-state index is 0.116. The fourth-order valence-electron chi connectivity index (χ4n) is 4.44. The van der Waals surface area contributed by atoms with Crippen molar-refractivity contribution in [1.82, 2.24) is 9.78 Å². The number of ether oxygens (including phenoxy) is 2. The standard InChI is InChI=1S/C19H22BrN5O4S/c1-28-9-10-8-25-18(29-10)15(7-22-25)30(21,27)24-19(26)23-17-13-4-2-3-11(13)16(20)12-5-6-14(12)17/h7,10H,2-6,8-9H2,1H3,(H3,21,23,24,26,27)/t10-,30?/m0/s1. The van der Waals surface area contributed by atoms with Gasteiger partial charge in [0.25, 0.3) is 0 Å². The van der Waals surface area contributed by atoms with Gasteiger partial charge >= 0.3 is 6.03 Å². The van der Waals surface area contributed by atoms with Crippen LogP contribution in [-0.2, 0) is 46.9 Å².